The number of aromatic nitrogens is 1. The number of rotatable bonds is 2. The van der Waals surface area contributed by atoms with Gasteiger partial charge in [0, 0.05) is 27.6 Å². The van der Waals surface area contributed by atoms with Crippen molar-refractivity contribution in [2.45, 2.75) is 20.1 Å². The molecule has 1 aromatic heterocycles. The van der Waals surface area contributed by atoms with Crippen LogP contribution in [-0.2, 0) is 13.2 Å². The third kappa shape index (κ3) is 1.47. The van der Waals surface area contributed by atoms with Crippen molar-refractivity contribution in [3.05, 3.63) is 34.4 Å². The fraction of sp³-hybridized carbons (Fsp3) is 0.273. The maximum atomic E-state index is 9.19. The number of nitrogens with zero attached hydrogens (tertiary/aromatic N) is 1. The van der Waals surface area contributed by atoms with Gasteiger partial charge in [-0.25, -0.2) is 0 Å². The van der Waals surface area contributed by atoms with Gasteiger partial charge in [0.2, 0.25) is 0 Å². The largest absolute Gasteiger partial charge is 0.390 e. The van der Waals surface area contributed by atoms with E-state index in [4.69, 9.17) is 0 Å². The molecule has 0 radical (unpaired) electrons. The summed E-state index contributed by atoms with van der Waals surface area (Å²) in [6.07, 6.45) is 0. The number of fused-ring (bicyclic) bond motifs is 1. The van der Waals surface area contributed by atoms with Crippen molar-refractivity contribution in [1.82, 2.24) is 4.57 Å². The summed E-state index contributed by atoms with van der Waals surface area (Å²) in [5.74, 6) is 0. The molecule has 74 valence electrons. The van der Waals surface area contributed by atoms with Crippen LogP contribution in [0, 0.1) is 0 Å². The van der Waals surface area contributed by atoms with Gasteiger partial charge < -0.3 is 9.67 Å². The molecule has 3 heteroatoms. The van der Waals surface area contributed by atoms with E-state index in [1.165, 1.54) is 10.9 Å². The Kier molecular flexibility index (Phi) is 2.61. The molecule has 0 unspecified atom stereocenters. The van der Waals surface area contributed by atoms with Crippen LogP contribution in [0.3, 0.4) is 0 Å². The molecular weight excluding hydrogens is 242 g/mol. The van der Waals surface area contributed by atoms with E-state index in [0.717, 1.165) is 16.7 Å². The molecule has 14 heavy (non-hydrogen) atoms. The minimum Gasteiger partial charge on any atom is -0.390 e. The fourth-order valence-corrected chi connectivity index (χ4v) is 2.14. The van der Waals surface area contributed by atoms with Crippen molar-refractivity contribution < 1.29 is 5.11 Å². The van der Waals surface area contributed by atoms with Crippen LogP contribution >= 0.6 is 15.9 Å². The maximum absolute atomic E-state index is 9.19. The summed E-state index contributed by atoms with van der Waals surface area (Å²) < 4.78 is 3.20. The summed E-state index contributed by atoms with van der Waals surface area (Å²) in [6.45, 7) is 3.06. The Bertz CT molecular complexity index is 462. The molecule has 0 aliphatic carbocycles. The summed E-state index contributed by atoms with van der Waals surface area (Å²) in [4.78, 5) is 0. The summed E-state index contributed by atoms with van der Waals surface area (Å²) in [7, 11) is 0. The minimum atomic E-state index is 0.0974. The molecule has 0 aliphatic rings. The molecule has 0 saturated carbocycles. The first-order valence-corrected chi connectivity index (χ1v) is 5.44. The molecular formula is C11H12BrNO. The highest BCUT2D eigenvalue weighted by Gasteiger charge is 2.06. The lowest BCUT2D eigenvalue weighted by Crippen LogP contribution is -1.99. The lowest BCUT2D eigenvalue weighted by atomic mass is 10.2. The molecule has 2 rings (SSSR count). The molecule has 0 spiro atoms. The molecule has 0 bridgehead atoms. The predicted octanol–water partition coefficient (Wildman–Crippen LogP) is 2.92. The van der Waals surface area contributed by atoms with Gasteiger partial charge in [-0.05, 0) is 25.1 Å². The van der Waals surface area contributed by atoms with Crippen molar-refractivity contribution in [1.29, 1.82) is 0 Å². The lowest BCUT2D eigenvalue weighted by Gasteiger charge is -2.05. The SMILES string of the molecule is CCn1c(CO)cc2ccc(Br)cc21. The Hall–Kier alpha value is -0.800. The van der Waals surface area contributed by atoms with Gasteiger partial charge in [-0.15, -0.1) is 0 Å². The topological polar surface area (TPSA) is 25.2 Å². The number of halogens is 1. The first-order chi connectivity index (χ1) is 6.76. The maximum Gasteiger partial charge on any atom is 0.0833 e. The second kappa shape index (κ2) is 3.75. The number of hydrogen-bond acceptors (Lipinski definition) is 1. The molecule has 1 heterocycles. The van der Waals surface area contributed by atoms with E-state index in [2.05, 4.69) is 39.6 Å². The lowest BCUT2D eigenvalue weighted by molar-refractivity contribution is 0.272. The van der Waals surface area contributed by atoms with Crippen LogP contribution in [-0.4, -0.2) is 9.67 Å². The van der Waals surface area contributed by atoms with Crippen molar-refractivity contribution in [3.63, 3.8) is 0 Å². The molecule has 1 aromatic carbocycles. The van der Waals surface area contributed by atoms with Crippen molar-refractivity contribution >= 4 is 26.8 Å². The van der Waals surface area contributed by atoms with Crippen LogP contribution in [0.2, 0.25) is 0 Å². The van der Waals surface area contributed by atoms with Gasteiger partial charge in [-0.1, -0.05) is 22.0 Å². The molecule has 0 amide bonds. The van der Waals surface area contributed by atoms with Crippen LogP contribution < -0.4 is 0 Å². The Balaban J connectivity index is 2.74. The Morgan fingerprint density at radius 3 is 2.79 bits per heavy atom. The molecule has 0 aliphatic heterocycles. The van der Waals surface area contributed by atoms with E-state index in [1.54, 1.807) is 0 Å². The van der Waals surface area contributed by atoms with Crippen molar-refractivity contribution in [3.8, 4) is 0 Å². The van der Waals surface area contributed by atoms with Gasteiger partial charge in [-0.2, -0.15) is 0 Å². The Labute approximate surface area is 91.3 Å². The molecule has 0 fully saturated rings. The van der Waals surface area contributed by atoms with Gasteiger partial charge in [0.05, 0.1) is 6.61 Å². The first kappa shape index (κ1) is 9.74. The van der Waals surface area contributed by atoms with Gasteiger partial charge in [-0.3, -0.25) is 0 Å². The monoisotopic (exact) mass is 253 g/mol. The van der Waals surface area contributed by atoms with Crippen LogP contribution in [0.15, 0.2) is 28.7 Å². The number of aliphatic hydroxyl groups is 1. The highest BCUT2D eigenvalue weighted by Crippen LogP contribution is 2.23. The second-order valence-corrected chi connectivity index (χ2v) is 4.16. The first-order valence-electron chi connectivity index (χ1n) is 4.64. The third-order valence-electron chi connectivity index (χ3n) is 2.43. The van der Waals surface area contributed by atoms with Gasteiger partial charge in [0.15, 0.2) is 0 Å². The third-order valence-corrected chi connectivity index (χ3v) is 2.92. The standard InChI is InChI=1S/C11H12BrNO/c1-2-13-10(7-14)5-8-3-4-9(12)6-11(8)13/h3-6,14H,2,7H2,1H3. The predicted molar refractivity (Wildman–Crippen MR) is 61.2 cm³/mol. The number of hydrogen-bond donors (Lipinski definition) is 1. The van der Waals surface area contributed by atoms with Crippen LogP contribution in [0.5, 0.6) is 0 Å². The second-order valence-electron chi connectivity index (χ2n) is 3.24. The van der Waals surface area contributed by atoms with E-state index in [0.29, 0.717) is 0 Å². The molecule has 1 N–H and O–H groups in total. The summed E-state index contributed by atoms with van der Waals surface area (Å²) >= 11 is 3.45. The minimum absolute atomic E-state index is 0.0974. The normalized spacial score (nSPS) is 11.1. The highest BCUT2D eigenvalue weighted by atomic mass is 79.9. The van der Waals surface area contributed by atoms with E-state index in [1.807, 2.05) is 12.1 Å². The molecule has 2 nitrogen and oxygen atoms in total. The highest BCUT2D eigenvalue weighted by molar-refractivity contribution is 9.10. The smallest absolute Gasteiger partial charge is 0.0833 e. The number of aryl methyl sites for hydroxylation is 1. The van der Waals surface area contributed by atoms with E-state index in [-0.39, 0.29) is 6.61 Å². The zero-order chi connectivity index (χ0) is 10.1. The molecule has 0 atom stereocenters. The summed E-state index contributed by atoms with van der Waals surface area (Å²) in [5, 5.41) is 10.4. The van der Waals surface area contributed by atoms with Crippen molar-refractivity contribution in [2.24, 2.45) is 0 Å². The quantitative estimate of drug-likeness (QED) is 0.875. The van der Waals surface area contributed by atoms with E-state index < -0.39 is 0 Å². The van der Waals surface area contributed by atoms with Gasteiger partial charge in [0.25, 0.3) is 0 Å². The van der Waals surface area contributed by atoms with Crippen LogP contribution in [0.1, 0.15) is 12.6 Å². The zero-order valence-corrected chi connectivity index (χ0v) is 9.58. The summed E-state index contributed by atoms with van der Waals surface area (Å²) in [5.41, 5.74) is 2.14. The molecule has 2 aromatic rings. The van der Waals surface area contributed by atoms with E-state index in [9.17, 15) is 5.11 Å². The average molecular weight is 254 g/mol. The van der Waals surface area contributed by atoms with Gasteiger partial charge in [0.1, 0.15) is 0 Å². The molecule has 0 saturated heterocycles. The average Bonchev–Trinajstić information content (AvgIpc) is 2.54. The Morgan fingerprint density at radius 1 is 1.36 bits per heavy atom. The number of aliphatic hydroxyl groups excluding tert-OH is 1. The van der Waals surface area contributed by atoms with Gasteiger partial charge >= 0.3 is 0 Å². The van der Waals surface area contributed by atoms with Crippen molar-refractivity contribution in [2.75, 3.05) is 0 Å². The van der Waals surface area contributed by atoms with Crippen LogP contribution in [0.25, 0.3) is 10.9 Å². The fourth-order valence-electron chi connectivity index (χ4n) is 1.79. The zero-order valence-electron chi connectivity index (χ0n) is 8.00. The van der Waals surface area contributed by atoms with E-state index >= 15 is 0 Å². The summed E-state index contributed by atoms with van der Waals surface area (Å²) in [6, 6.07) is 8.19. The number of benzene rings is 1. The van der Waals surface area contributed by atoms with Crippen LogP contribution in [0.4, 0.5) is 0 Å². The Morgan fingerprint density at radius 2 is 2.14 bits per heavy atom.